The molecule has 10 heteroatoms. The molecule has 4 N–H and O–H groups in total. The maximum atomic E-state index is 11.7. The van der Waals surface area contributed by atoms with Crippen LogP contribution in [0.25, 0.3) is 0 Å². The molecule has 0 aliphatic heterocycles. The number of rotatable bonds is 13. The second kappa shape index (κ2) is 14.8. The van der Waals surface area contributed by atoms with Crippen LogP contribution in [0.2, 0.25) is 0 Å². The van der Waals surface area contributed by atoms with E-state index in [-0.39, 0.29) is 12.1 Å². The van der Waals surface area contributed by atoms with E-state index in [0.29, 0.717) is 26.1 Å². The van der Waals surface area contributed by atoms with Crippen molar-refractivity contribution in [3.05, 3.63) is 0 Å². The zero-order chi connectivity index (χ0) is 25.7. The first-order valence-electron chi connectivity index (χ1n) is 11.8. The van der Waals surface area contributed by atoms with Gasteiger partial charge in [0, 0.05) is 31.7 Å². The van der Waals surface area contributed by atoms with Crippen LogP contribution in [-0.4, -0.2) is 77.8 Å². The van der Waals surface area contributed by atoms with Gasteiger partial charge >= 0.3 is 18.3 Å². The van der Waals surface area contributed by atoms with Gasteiger partial charge in [-0.05, 0) is 87.6 Å². The molecule has 2 unspecified atom stereocenters. The lowest BCUT2D eigenvalue weighted by atomic mass is 10.2. The van der Waals surface area contributed by atoms with Crippen molar-refractivity contribution in [3.8, 4) is 0 Å². The number of carbonyl (C=O) groups excluding carboxylic acids is 2. The van der Waals surface area contributed by atoms with Crippen molar-refractivity contribution in [2.24, 2.45) is 0 Å². The molecule has 194 valence electrons. The van der Waals surface area contributed by atoms with Gasteiger partial charge < -0.3 is 35.4 Å². The van der Waals surface area contributed by atoms with E-state index in [1.807, 2.05) is 34.6 Å². The molecule has 3 amide bonds. The van der Waals surface area contributed by atoms with E-state index < -0.39 is 29.5 Å². The van der Waals surface area contributed by atoms with E-state index >= 15 is 0 Å². The van der Waals surface area contributed by atoms with E-state index in [0.717, 1.165) is 25.8 Å². The number of alkyl carbamates (subject to hydrolysis) is 2. The van der Waals surface area contributed by atoms with Gasteiger partial charge in [-0.25, -0.2) is 14.4 Å². The molecule has 0 rings (SSSR count). The summed E-state index contributed by atoms with van der Waals surface area (Å²) in [5, 5.41) is 18.3. The Morgan fingerprint density at radius 1 is 0.818 bits per heavy atom. The standard InChI is InChI=1S/C23H46N4O6/c1-17(11-14-25-19(28)32-22(3,4)5)24-13-9-10-16-27(21(30)31)18(2)12-15-26-20(29)33-23(6,7)8/h17-18,24H,9-16H2,1-8H3,(H,25,28)(H,26,29)(H,30,31). The first-order chi connectivity index (χ1) is 15.1. The summed E-state index contributed by atoms with van der Waals surface area (Å²) in [7, 11) is 0. The van der Waals surface area contributed by atoms with Crippen LogP contribution in [0.3, 0.4) is 0 Å². The SMILES string of the molecule is CC(CCNC(=O)OC(C)(C)C)NCCCCN(C(=O)O)C(C)CCNC(=O)OC(C)(C)C. The fourth-order valence-electron chi connectivity index (χ4n) is 2.92. The van der Waals surface area contributed by atoms with Gasteiger partial charge in [0.1, 0.15) is 11.2 Å². The highest BCUT2D eigenvalue weighted by atomic mass is 16.6. The van der Waals surface area contributed by atoms with E-state index in [1.165, 1.54) is 4.90 Å². The summed E-state index contributed by atoms with van der Waals surface area (Å²) >= 11 is 0. The molecule has 0 saturated heterocycles. The van der Waals surface area contributed by atoms with Gasteiger partial charge in [0.05, 0.1) is 0 Å². The molecule has 33 heavy (non-hydrogen) atoms. The Labute approximate surface area is 199 Å². The van der Waals surface area contributed by atoms with Crippen molar-refractivity contribution in [1.29, 1.82) is 0 Å². The van der Waals surface area contributed by atoms with E-state index in [9.17, 15) is 19.5 Å². The van der Waals surface area contributed by atoms with Crippen molar-refractivity contribution in [2.75, 3.05) is 26.2 Å². The zero-order valence-corrected chi connectivity index (χ0v) is 21.7. The van der Waals surface area contributed by atoms with E-state index in [1.54, 1.807) is 20.8 Å². The summed E-state index contributed by atoms with van der Waals surface area (Å²) in [6.45, 7) is 16.8. The summed E-state index contributed by atoms with van der Waals surface area (Å²) in [5.74, 6) is 0. The minimum atomic E-state index is -0.964. The molecule has 0 aromatic heterocycles. The maximum Gasteiger partial charge on any atom is 0.407 e. The molecule has 0 aliphatic rings. The molecular formula is C23H46N4O6. The largest absolute Gasteiger partial charge is 0.465 e. The van der Waals surface area contributed by atoms with Gasteiger partial charge in [0.2, 0.25) is 0 Å². The molecule has 0 aromatic rings. The molecule has 10 nitrogen and oxygen atoms in total. The molecule has 0 heterocycles. The fourth-order valence-corrected chi connectivity index (χ4v) is 2.92. The number of carboxylic acid groups (broad SMARTS) is 1. The van der Waals surface area contributed by atoms with Gasteiger partial charge in [-0.3, -0.25) is 0 Å². The number of nitrogens with one attached hydrogen (secondary N) is 3. The quantitative estimate of drug-likeness (QED) is 0.298. The smallest absolute Gasteiger partial charge is 0.407 e. The summed E-state index contributed by atoms with van der Waals surface area (Å²) in [5.41, 5.74) is -1.08. The number of hydrogen-bond donors (Lipinski definition) is 4. The highest BCUT2D eigenvalue weighted by molar-refractivity contribution is 5.68. The molecule has 2 atom stereocenters. The first-order valence-corrected chi connectivity index (χ1v) is 11.8. The molecule has 0 spiro atoms. The molecule has 0 saturated carbocycles. The Kier molecular flexibility index (Phi) is 13.8. The fraction of sp³-hybridized carbons (Fsp3) is 0.870. The lowest BCUT2D eigenvalue weighted by Crippen LogP contribution is -2.41. The summed E-state index contributed by atoms with van der Waals surface area (Å²) in [6, 6.07) is -0.00314. The summed E-state index contributed by atoms with van der Waals surface area (Å²) < 4.78 is 10.4. The van der Waals surface area contributed by atoms with Crippen molar-refractivity contribution in [2.45, 2.75) is 104 Å². The lowest BCUT2D eigenvalue weighted by molar-refractivity contribution is 0.0512. The van der Waals surface area contributed by atoms with Gasteiger partial charge in [-0.15, -0.1) is 0 Å². The first kappa shape index (κ1) is 30.8. The summed E-state index contributed by atoms with van der Waals surface area (Å²) in [4.78, 5) is 36.4. The van der Waals surface area contributed by atoms with Crippen molar-refractivity contribution in [1.82, 2.24) is 20.9 Å². The van der Waals surface area contributed by atoms with Crippen molar-refractivity contribution >= 4 is 18.3 Å². The van der Waals surface area contributed by atoms with Gasteiger partial charge in [0.25, 0.3) is 0 Å². The molecule has 0 fully saturated rings. The van der Waals surface area contributed by atoms with Crippen LogP contribution < -0.4 is 16.0 Å². The monoisotopic (exact) mass is 474 g/mol. The maximum absolute atomic E-state index is 11.7. The van der Waals surface area contributed by atoms with Crippen LogP contribution in [0.1, 0.15) is 81.1 Å². The lowest BCUT2D eigenvalue weighted by Gasteiger charge is -2.27. The predicted octanol–water partition coefficient (Wildman–Crippen LogP) is 3.94. The number of carbonyl (C=O) groups is 3. The topological polar surface area (TPSA) is 129 Å². The second-order valence-corrected chi connectivity index (χ2v) is 10.3. The minimum Gasteiger partial charge on any atom is -0.465 e. The van der Waals surface area contributed by atoms with Crippen LogP contribution in [0.15, 0.2) is 0 Å². The predicted molar refractivity (Wildman–Crippen MR) is 129 cm³/mol. The Morgan fingerprint density at radius 2 is 1.30 bits per heavy atom. The third-order valence-corrected chi connectivity index (χ3v) is 4.57. The van der Waals surface area contributed by atoms with Crippen LogP contribution in [-0.2, 0) is 9.47 Å². The number of nitrogens with zero attached hydrogens (tertiary/aromatic N) is 1. The van der Waals surface area contributed by atoms with Crippen molar-refractivity contribution in [3.63, 3.8) is 0 Å². The normalized spacial score (nSPS) is 13.6. The second-order valence-electron chi connectivity index (χ2n) is 10.3. The van der Waals surface area contributed by atoms with Gasteiger partial charge in [0.15, 0.2) is 0 Å². The van der Waals surface area contributed by atoms with Crippen molar-refractivity contribution < 1.29 is 29.0 Å². The third-order valence-electron chi connectivity index (χ3n) is 4.57. The summed E-state index contributed by atoms with van der Waals surface area (Å²) in [6.07, 6.45) is 0.946. The molecule has 0 bridgehead atoms. The Balaban J connectivity index is 4.06. The van der Waals surface area contributed by atoms with Crippen LogP contribution in [0.4, 0.5) is 14.4 Å². The van der Waals surface area contributed by atoms with Gasteiger partial charge in [-0.1, -0.05) is 0 Å². The van der Waals surface area contributed by atoms with Gasteiger partial charge in [-0.2, -0.15) is 0 Å². The minimum absolute atomic E-state index is 0.216. The van der Waals surface area contributed by atoms with E-state index in [2.05, 4.69) is 16.0 Å². The zero-order valence-electron chi connectivity index (χ0n) is 21.7. The highest BCUT2D eigenvalue weighted by Crippen LogP contribution is 2.09. The van der Waals surface area contributed by atoms with Crippen LogP contribution in [0, 0.1) is 0 Å². The highest BCUT2D eigenvalue weighted by Gasteiger charge is 2.20. The average Bonchev–Trinajstić information content (AvgIpc) is 2.61. The molecular weight excluding hydrogens is 428 g/mol. The number of amides is 3. The Hall–Kier alpha value is -2.23. The van der Waals surface area contributed by atoms with E-state index in [4.69, 9.17) is 9.47 Å². The van der Waals surface area contributed by atoms with Crippen LogP contribution >= 0.6 is 0 Å². The number of hydrogen-bond acceptors (Lipinski definition) is 6. The number of unbranched alkanes of at least 4 members (excludes halogenated alkanes) is 1. The van der Waals surface area contributed by atoms with Crippen LogP contribution in [0.5, 0.6) is 0 Å². The average molecular weight is 475 g/mol. The Morgan fingerprint density at radius 3 is 1.76 bits per heavy atom. The third kappa shape index (κ3) is 17.9. The molecule has 0 aromatic carbocycles. The number of ether oxygens (including phenoxy) is 2. The molecule has 0 radical (unpaired) electrons. The Bertz CT molecular complexity index is 601. The molecule has 0 aliphatic carbocycles.